The zero-order valence-electron chi connectivity index (χ0n) is 9.84. The molecule has 0 saturated heterocycles. The molecule has 2 atom stereocenters. The molecule has 1 aromatic heterocycles. The van der Waals surface area contributed by atoms with Crippen LogP contribution in [0.1, 0.15) is 5.56 Å². The normalized spacial score (nSPS) is 14.6. The van der Waals surface area contributed by atoms with Gasteiger partial charge in [-0.1, -0.05) is 0 Å². The Morgan fingerprint density at radius 3 is 2.76 bits per heavy atom. The Kier molecular flexibility index (Phi) is 4.62. The van der Waals surface area contributed by atoms with Crippen LogP contribution in [0.5, 0.6) is 0 Å². The van der Waals surface area contributed by atoms with Crippen LogP contribution >= 0.6 is 0 Å². The number of hydrogen-bond acceptors (Lipinski definition) is 5. The first-order valence-electron chi connectivity index (χ1n) is 5.19. The minimum absolute atomic E-state index is 0.162. The molecule has 0 aliphatic heterocycles. The maximum atomic E-state index is 11.5. The number of ether oxygens (including phenoxy) is 1. The third kappa shape index (κ3) is 3.26. The molecule has 0 unspecified atom stereocenters. The Hall–Kier alpha value is -1.44. The molecule has 0 bridgehead atoms. The van der Waals surface area contributed by atoms with Crippen molar-refractivity contribution in [1.29, 1.82) is 0 Å². The summed E-state index contributed by atoms with van der Waals surface area (Å²) in [6, 6.07) is -0.534. The maximum Gasteiger partial charge on any atom is 0.328 e. The summed E-state index contributed by atoms with van der Waals surface area (Å²) in [5.41, 5.74) is 5.28. The summed E-state index contributed by atoms with van der Waals surface area (Å²) >= 11 is 0. The Morgan fingerprint density at radius 1 is 1.59 bits per heavy atom. The number of nitrogens with one attached hydrogen (secondary N) is 1. The number of aromatic amines is 1. The molecular formula is C10H17N3O4. The van der Waals surface area contributed by atoms with E-state index in [-0.39, 0.29) is 13.2 Å². The highest BCUT2D eigenvalue weighted by atomic mass is 16.5. The Bertz CT molecular complexity index is 475. The molecule has 4 N–H and O–H groups in total. The fourth-order valence-electron chi connectivity index (χ4n) is 1.48. The predicted molar refractivity (Wildman–Crippen MR) is 61.9 cm³/mol. The van der Waals surface area contributed by atoms with Gasteiger partial charge in [-0.3, -0.25) is 14.3 Å². The molecule has 7 heteroatoms. The molecule has 1 heterocycles. The number of H-pyrrole nitrogens is 1. The Morgan fingerprint density at radius 2 is 2.24 bits per heavy atom. The minimum Gasteiger partial charge on any atom is -0.394 e. The van der Waals surface area contributed by atoms with Gasteiger partial charge in [-0.2, -0.15) is 0 Å². The fraction of sp³-hybridized carbons (Fsp3) is 0.600. The minimum atomic E-state index is -0.547. The van der Waals surface area contributed by atoms with Gasteiger partial charge < -0.3 is 15.6 Å². The number of methoxy groups -OCH3 is 1. The molecule has 0 radical (unpaired) electrons. The van der Waals surface area contributed by atoms with Gasteiger partial charge in [0.15, 0.2) is 0 Å². The van der Waals surface area contributed by atoms with E-state index < -0.39 is 23.4 Å². The highest BCUT2D eigenvalue weighted by Crippen LogP contribution is 1.97. The molecule has 0 amide bonds. The van der Waals surface area contributed by atoms with E-state index in [1.165, 1.54) is 17.9 Å². The zero-order valence-corrected chi connectivity index (χ0v) is 9.84. The lowest BCUT2D eigenvalue weighted by molar-refractivity contribution is 0.0271. The predicted octanol–water partition coefficient (Wildman–Crippen LogP) is -1.82. The van der Waals surface area contributed by atoms with Crippen molar-refractivity contribution < 1.29 is 9.84 Å². The first-order chi connectivity index (χ1) is 7.99. The molecule has 0 spiro atoms. The third-order valence-corrected chi connectivity index (χ3v) is 2.56. The van der Waals surface area contributed by atoms with Crippen molar-refractivity contribution >= 4 is 0 Å². The van der Waals surface area contributed by atoms with Crippen molar-refractivity contribution in [3.8, 4) is 0 Å². The summed E-state index contributed by atoms with van der Waals surface area (Å²) in [6.07, 6.45) is 0.889. The van der Waals surface area contributed by atoms with Crippen LogP contribution in [0.4, 0.5) is 0 Å². The highest BCUT2D eigenvalue weighted by Gasteiger charge is 2.17. The first-order valence-corrected chi connectivity index (χ1v) is 5.19. The van der Waals surface area contributed by atoms with E-state index in [4.69, 9.17) is 15.6 Å². The van der Waals surface area contributed by atoms with Gasteiger partial charge in [-0.25, -0.2) is 4.79 Å². The average molecular weight is 243 g/mol. The van der Waals surface area contributed by atoms with E-state index in [0.29, 0.717) is 5.56 Å². The second kappa shape index (κ2) is 5.76. The second-order valence-corrected chi connectivity index (χ2v) is 3.84. The van der Waals surface area contributed by atoms with Gasteiger partial charge in [0.1, 0.15) is 0 Å². The van der Waals surface area contributed by atoms with E-state index in [1.807, 2.05) is 0 Å². The van der Waals surface area contributed by atoms with E-state index in [1.54, 1.807) is 6.92 Å². The molecule has 0 aromatic carbocycles. The number of nitrogens with two attached hydrogens (primary N) is 1. The summed E-state index contributed by atoms with van der Waals surface area (Å²) in [5.74, 6) is 0. The number of aromatic nitrogens is 2. The average Bonchev–Trinajstić information content (AvgIpc) is 2.27. The van der Waals surface area contributed by atoms with Crippen LogP contribution in [0.2, 0.25) is 0 Å². The molecule has 7 nitrogen and oxygen atoms in total. The first kappa shape index (κ1) is 13.6. The summed E-state index contributed by atoms with van der Waals surface area (Å²) in [4.78, 5) is 24.8. The van der Waals surface area contributed by atoms with Crippen molar-refractivity contribution in [3.05, 3.63) is 32.6 Å². The summed E-state index contributed by atoms with van der Waals surface area (Å²) in [6.45, 7) is 1.53. The lowest BCUT2D eigenvalue weighted by Crippen LogP contribution is -2.45. The molecule has 96 valence electrons. The van der Waals surface area contributed by atoms with Gasteiger partial charge in [-0.15, -0.1) is 0 Å². The summed E-state index contributed by atoms with van der Waals surface area (Å²) in [5, 5.41) is 8.99. The molecule has 1 rings (SSSR count). The van der Waals surface area contributed by atoms with E-state index in [9.17, 15) is 9.59 Å². The van der Waals surface area contributed by atoms with Crippen LogP contribution in [-0.4, -0.2) is 40.5 Å². The lowest BCUT2D eigenvalue weighted by atomic mass is 10.2. The Balaban J connectivity index is 2.92. The third-order valence-electron chi connectivity index (χ3n) is 2.56. The number of hydrogen-bond donors (Lipinski definition) is 3. The Labute approximate surface area is 97.8 Å². The SMILES string of the molecule is CO[C@H](CO)[C@@H](N)Cn1cc(C)c(=O)[nH]c1=O. The largest absolute Gasteiger partial charge is 0.394 e. The monoisotopic (exact) mass is 243 g/mol. The number of aliphatic hydroxyl groups excluding tert-OH is 1. The smallest absolute Gasteiger partial charge is 0.328 e. The molecular weight excluding hydrogens is 226 g/mol. The van der Waals surface area contributed by atoms with Crippen molar-refractivity contribution in [2.24, 2.45) is 5.73 Å². The molecule has 0 aliphatic carbocycles. The van der Waals surface area contributed by atoms with Gasteiger partial charge in [0.2, 0.25) is 0 Å². The van der Waals surface area contributed by atoms with Gasteiger partial charge in [0.25, 0.3) is 5.56 Å². The van der Waals surface area contributed by atoms with Crippen molar-refractivity contribution in [2.45, 2.75) is 25.6 Å². The standard InChI is InChI=1S/C10H17N3O4/c1-6-3-13(10(16)12-9(6)15)4-7(11)8(5-14)17-2/h3,7-8,14H,4-5,11H2,1-2H3,(H,12,15,16)/t7-,8+/m0/s1. The summed E-state index contributed by atoms with van der Waals surface area (Å²) < 4.78 is 6.26. The van der Waals surface area contributed by atoms with E-state index in [2.05, 4.69) is 4.98 Å². The lowest BCUT2D eigenvalue weighted by Gasteiger charge is -2.21. The van der Waals surface area contributed by atoms with Crippen molar-refractivity contribution in [3.63, 3.8) is 0 Å². The van der Waals surface area contributed by atoms with Gasteiger partial charge in [0, 0.05) is 25.4 Å². The van der Waals surface area contributed by atoms with Crippen LogP contribution in [0.25, 0.3) is 0 Å². The van der Waals surface area contributed by atoms with Crippen LogP contribution in [0.15, 0.2) is 15.8 Å². The topological polar surface area (TPSA) is 110 Å². The maximum absolute atomic E-state index is 11.5. The molecule has 0 fully saturated rings. The zero-order chi connectivity index (χ0) is 13.0. The molecule has 0 aliphatic rings. The van der Waals surface area contributed by atoms with Crippen molar-refractivity contribution in [2.75, 3.05) is 13.7 Å². The fourth-order valence-corrected chi connectivity index (χ4v) is 1.48. The van der Waals surface area contributed by atoms with Gasteiger partial charge in [0.05, 0.1) is 18.8 Å². The molecule has 1 aromatic rings. The second-order valence-electron chi connectivity index (χ2n) is 3.84. The van der Waals surface area contributed by atoms with Crippen LogP contribution in [0, 0.1) is 6.92 Å². The highest BCUT2D eigenvalue weighted by molar-refractivity contribution is 5.01. The molecule has 0 saturated carbocycles. The van der Waals surface area contributed by atoms with Gasteiger partial charge >= 0.3 is 5.69 Å². The van der Waals surface area contributed by atoms with Crippen molar-refractivity contribution in [1.82, 2.24) is 9.55 Å². The van der Waals surface area contributed by atoms with E-state index >= 15 is 0 Å². The number of aliphatic hydroxyl groups is 1. The number of aryl methyl sites for hydroxylation is 1. The number of rotatable bonds is 5. The van der Waals surface area contributed by atoms with Crippen LogP contribution in [-0.2, 0) is 11.3 Å². The van der Waals surface area contributed by atoms with Crippen LogP contribution in [0.3, 0.4) is 0 Å². The summed E-state index contributed by atoms with van der Waals surface area (Å²) in [7, 11) is 1.43. The number of nitrogens with zero attached hydrogens (tertiary/aromatic N) is 1. The van der Waals surface area contributed by atoms with Gasteiger partial charge in [-0.05, 0) is 6.92 Å². The molecule has 17 heavy (non-hydrogen) atoms. The van der Waals surface area contributed by atoms with E-state index in [0.717, 1.165) is 0 Å². The quantitative estimate of drug-likeness (QED) is 0.564. The van der Waals surface area contributed by atoms with Crippen LogP contribution < -0.4 is 17.0 Å².